The molecule has 0 aromatic heterocycles. The van der Waals surface area contributed by atoms with E-state index < -0.39 is 5.60 Å². The minimum absolute atomic E-state index is 0.234. The molecule has 0 bridgehead atoms. The summed E-state index contributed by atoms with van der Waals surface area (Å²) in [6.45, 7) is 7.78. The number of hydrogen-bond acceptors (Lipinski definition) is 4. The number of nitrogens with two attached hydrogens (primary N) is 1. The van der Waals surface area contributed by atoms with Crippen molar-refractivity contribution in [1.29, 1.82) is 5.41 Å². The van der Waals surface area contributed by atoms with E-state index in [4.69, 9.17) is 15.8 Å². The molecular weight excluding hydrogens is 195 g/mol. The molecular formula is C9H18BN2OS. The zero-order valence-electron chi connectivity index (χ0n) is 9.16. The van der Waals surface area contributed by atoms with Crippen molar-refractivity contribution in [3.8, 4) is 0 Å². The molecule has 0 heterocycles. The van der Waals surface area contributed by atoms with E-state index in [1.807, 2.05) is 27.7 Å². The average Bonchev–Trinajstić information content (AvgIpc) is 1.99. The monoisotopic (exact) mass is 213 g/mol. The summed E-state index contributed by atoms with van der Waals surface area (Å²) < 4.78 is 5.19. The van der Waals surface area contributed by atoms with Crippen LogP contribution in [0.2, 0.25) is 0 Å². The van der Waals surface area contributed by atoms with E-state index in [1.54, 1.807) is 0 Å². The first-order valence-electron chi connectivity index (χ1n) is 4.41. The Hall–Kier alpha value is -0.415. The lowest BCUT2D eigenvalue weighted by atomic mass is 9.86. The predicted octanol–water partition coefficient (Wildman–Crippen LogP) is 1.56. The van der Waals surface area contributed by atoms with Crippen LogP contribution in [0.4, 0.5) is 0 Å². The van der Waals surface area contributed by atoms with Gasteiger partial charge >= 0.3 is 7.48 Å². The smallest absolute Gasteiger partial charge is 0.350 e. The number of thiol groups is 1. The molecule has 0 aliphatic rings. The minimum Gasteiger partial charge on any atom is -0.426 e. The van der Waals surface area contributed by atoms with E-state index in [0.29, 0.717) is 0 Å². The lowest BCUT2D eigenvalue weighted by Gasteiger charge is -2.38. The van der Waals surface area contributed by atoms with Gasteiger partial charge in [-0.05, 0) is 40.0 Å². The molecule has 0 saturated carbocycles. The molecule has 1 radical (unpaired) electrons. The zero-order valence-corrected chi connectivity index (χ0v) is 10.1. The van der Waals surface area contributed by atoms with E-state index in [-0.39, 0.29) is 10.4 Å². The molecule has 0 atom stereocenters. The van der Waals surface area contributed by atoms with E-state index in [2.05, 4.69) is 12.6 Å². The van der Waals surface area contributed by atoms with Crippen LogP contribution in [0.25, 0.3) is 0 Å². The van der Waals surface area contributed by atoms with Crippen LogP contribution >= 0.6 is 12.6 Å². The van der Waals surface area contributed by atoms with Crippen LogP contribution in [-0.2, 0) is 4.65 Å². The Balaban J connectivity index is 4.19. The summed E-state index contributed by atoms with van der Waals surface area (Å²) in [7, 11) is 1.38. The summed E-state index contributed by atoms with van der Waals surface area (Å²) >= 11 is 4.43. The first-order chi connectivity index (χ1) is 6.20. The highest BCUT2D eigenvalue weighted by Crippen LogP contribution is 2.30. The minimum atomic E-state index is -0.440. The van der Waals surface area contributed by atoms with Gasteiger partial charge in [-0.1, -0.05) is 0 Å². The van der Waals surface area contributed by atoms with Crippen LogP contribution in [-0.4, -0.2) is 23.4 Å². The molecule has 0 amide bonds. The Kier molecular flexibility index (Phi) is 4.75. The predicted molar refractivity (Wildman–Crippen MR) is 65.0 cm³/mol. The van der Waals surface area contributed by atoms with Gasteiger partial charge in [-0.2, -0.15) is 12.6 Å². The summed E-state index contributed by atoms with van der Waals surface area (Å²) in [5, 5.41) is 7.40. The molecule has 0 spiro atoms. The van der Waals surface area contributed by atoms with Crippen LogP contribution in [0.15, 0.2) is 12.3 Å². The van der Waals surface area contributed by atoms with Crippen molar-refractivity contribution < 1.29 is 4.65 Å². The van der Waals surface area contributed by atoms with Gasteiger partial charge in [0.25, 0.3) is 0 Å². The highest BCUT2D eigenvalue weighted by atomic mass is 32.1. The maximum absolute atomic E-state index is 7.40. The Bertz CT molecular complexity index is 233. The third-order valence-electron chi connectivity index (χ3n) is 2.23. The first-order valence-corrected chi connectivity index (χ1v) is 4.85. The van der Waals surface area contributed by atoms with Gasteiger partial charge in [0.15, 0.2) is 0 Å². The van der Waals surface area contributed by atoms with Gasteiger partial charge in [-0.3, -0.25) is 0 Å². The van der Waals surface area contributed by atoms with Gasteiger partial charge in [0, 0.05) is 10.4 Å². The highest BCUT2D eigenvalue weighted by Gasteiger charge is 2.34. The molecule has 0 aliphatic carbocycles. The number of hydrogen-bond donors (Lipinski definition) is 3. The van der Waals surface area contributed by atoms with Gasteiger partial charge in [-0.15, -0.1) is 0 Å². The normalized spacial score (nSPS) is 13.2. The standard InChI is InChI=1S/C9H18BN2OS/c1-8(2,9(3,4)14)13-10-7(12)5-6-11/h5-6,12,14H,11H2,1-4H3/b6-5-,12-7?. The SMILES string of the molecule is CC(C)(S)C(C)(C)O[B]C(=N)/C=C\N. The van der Waals surface area contributed by atoms with Crippen molar-refractivity contribution in [3.05, 3.63) is 12.3 Å². The second kappa shape index (κ2) is 4.89. The maximum atomic E-state index is 7.40. The summed E-state index contributed by atoms with van der Waals surface area (Å²) in [6.07, 6.45) is 2.77. The first kappa shape index (κ1) is 13.6. The number of nitrogens with one attached hydrogen (secondary N) is 1. The van der Waals surface area contributed by atoms with Gasteiger partial charge < -0.3 is 15.8 Å². The van der Waals surface area contributed by atoms with Crippen LogP contribution in [0.1, 0.15) is 27.7 Å². The van der Waals surface area contributed by atoms with Crippen molar-refractivity contribution in [1.82, 2.24) is 0 Å². The Morgan fingerprint density at radius 3 is 2.29 bits per heavy atom. The van der Waals surface area contributed by atoms with Crippen LogP contribution in [0, 0.1) is 5.41 Å². The molecule has 3 N–H and O–H groups in total. The highest BCUT2D eigenvalue weighted by molar-refractivity contribution is 7.81. The Morgan fingerprint density at radius 1 is 1.43 bits per heavy atom. The van der Waals surface area contributed by atoms with Crippen molar-refractivity contribution in [2.75, 3.05) is 0 Å². The Labute approximate surface area is 92.3 Å². The molecule has 0 saturated heterocycles. The molecule has 0 fully saturated rings. The molecule has 0 aliphatic heterocycles. The van der Waals surface area contributed by atoms with Gasteiger partial charge in [0.2, 0.25) is 0 Å². The molecule has 5 heteroatoms. The molecule has 79 valence electrons. The largest absolute Gasteiger partial charge is 0.426 e. The second-order valence-electron chi connectivity index (χ2n) is 4.12. The summed E-state index contributed by atoms with van der Waals surface area (Å²) in [5.41, 5.74) is 4.94. The fourth-order valence-corrected chi connectivity index (χ4v) is 0.551. The summed E-state index contributed by atoms with van der Waals surface area (Å²) in [6, 6.07) is 0. The van der Waals surface area contributed by atoms with E-state index in [9.17, 15) is 0 Å². The van der Waals surface area contributed by atoms with Crippen molar-refractivity contribution in [2.45, 2.75) is 38.0 Å². The second-order valence-corrected chi connectivity index (χ2v) is 5.24. The Morgan fingerprint density at radius 2 is 1.93 bits per heavy atom. The van der Waals surface area contributed by atoms with Gasteiger partial charge in [0.1, 0.15) is 0 Å². The lowest BCUT2D eigenvalue weighted by Crippen LogP contribution is -2.45. The lowest BCUT2D eigenvalue weighted by molar-refractivity contribution is 0.0862. The fraction of sp³-hybridized carbons (Fsp3) is 0.667. The third-order valence-corrected chi connectivity index (χ3v) is 2.77. The number of allylic oxidation sites excluding steroid dienone is 1. The molecule has 14 heavy (non-hydrogen) atoms. The molecule has 0 unspecified atom stereocenters. The molecule has 0 aromatic rings. The van der Waals surface area contributed by atoms with Crippen LogP contribution in [0.5, 0.6) is 0 Å². The summed E-state index contributed by atoms with van der Waals surface area (Å²) in [4.78, 5) is 0. The molecule has 3 nitrogen and oxygen atoms in total. The van der Waals surface area contributed by atoms with E-state index >= 15 is 0 Å². The maximum Gasteiger partial charge on any atom is 0.350 e. The van der Waals surface area contributed by atoms with Crippen molar-refractivity contribution in [3.63, 3.8) is 0 Å². The van der Waals surface area contributed by atoms with Gasteiger partial charge in [-0.25, -0.2) is 0 Å². The quantitative estimate of drug-likeness (QED) is 0.368. The average molecular weight is 213 g/mol. The number of rotatable bonds is 5. The van der Waals surface area contributed by atoms with Crippen molar-refractivity contribution in [2.24, 2.45) is 5.73 Å². The van der Waals surface area contributed by atoms with E-state index in [0.717, 1.165) is 0 Å². The topological polar surface area (TPSA) is 59.1 Å². The third kappa shape index (κ3) is 4.20. The van der Waals surface area contributed by atoms with E-state index in [1.165, 1.54) is 19.8 Å². The van der Waals surface area contributed by atoms with Crippen LogP contribution < -0.4 is 5.73 Å². The summed E-state index contributed by atoms with van der Waals surface area (Å²) in [5.74, 6) is 0. The van der Waals surface area contributed by atoms with Crippen molar-refractivity contribution >= 4 is 25.7 Å². The molecule has 0 aromatic carbocycles. The van der Waals surface area contributed by atoms with Crippen LogP contribution in [0.3, 0.4) is 0 Å². The zero-order chi connectivity index (χ0) is 11.4. The van der Waals surface area contributed by atoms with Gasteiger partial charge in [0.05, 0.1) is 5.60 Å². The molecule has 0 rings (SSSR count). The fourth-order valence-electron chi connectivity index (χ4n) is 0.498.